The van der Waals surface area contributed by atoms with E-state index in [4.69, 9.17) is 5.73 Å². The van der Waals surface area contributed by atoms with E-state index in [0.717, 1.165) is 6.41 Å². The molecule has 0 aliphatic rings. The summed E-state index contributed by atoms with van der Waals surface area (Å²) < 4.78 is 0. The summed E-state index contributed by atoms with van der Waals surface area (Å²) in [5, 5.41) is 0. The predicted molar refractivity (Wildman–Crippen MR) is 41.5 cm³/mol. The number of carbonyl (C=O) groups is 1. The van der Waals surface area contributed by atoms with Crippen LogP contribution in [0.25, 0.3) is 0 Å². The Kier molecular flexibility index (Phi) is 4.03. The van der Waals surface area contributed by atoms with E-state index in [0.29, 0.717) is 12.5 Å². The van der Waals surface area contributed by atoms with Crippen LogP contribution in [0.1, 0.15) is 13.8 Å². The second kappa shape index (κ2) is 4.28. The van der Waals surface area contributed by atoms with Gasteiger partial charge in [0.25, 0.3) is 0 Å². The highest BCUT2D eigenvalue weighted by Gasteiger charge is 2.14. The fourth-order valence-electron chi connectivity index (χ4n) is 0.987. The van der Waals surface area contributed by atoms with E-state index >= 15 is 0 Å². The number of amides is 1. The van der Waals surface area contributed by atoms with E-state index in [1.807, 2.05) is 0 Å². The molecule has 60 valence electrons. The lowest BCUT2D eigenvalue weighted by molar-refractivity contribution is -0.119. The zero-order valence-corrected chi connectivity index (χ0v) is 6.87. The molecule has 1 atom stereocenters. The molecule has 3 heteroatoms. The fraction of sp³-hybridized carbons (Fsp3) is 0.857. The quantitative estimate of drug-likeness (QED) is 0.567. The van der Waals surface area contributed by atoms with Crippen LogP contribution in [0, 0.1) is 5.92 Å². The first-order valence-corrected chi connectivity index (χ1v) is 3.50. The minimum atomic E-state index is 0.178. The van der Waals surface area contributed by atoms with Crippen LogP contribution in [-0.4, -0.2) is 30.9 Å². The normalized spacial score (nSPS) is 13.3. The van der Waals surface area contributed by atoms with Gasteiger partial charge in [-0.3, -0.25) is 4.79 Å². The molecule has 0 spiro atoms. The van der Waals surface area contributed by atoms with Gasteiger partial charge >= 0.3 is 0 Å². The second-order valence-electron chi connectivity index (χ2n) is 2.82. The summed E-state index contributed by atoms with van der Waals surface area (Å²) in [5.41, 5.74) is 5.45. The highest BCUT2D eigenvalue weighted by Crippen LogP contribution is 2.04. The first kappa shape index (κ1) is 9.43. The molecule has 0 bridgehead atoms. The Morgan fingerprint density at radius 3 is 2.20 bits per heavy atom. The van der Waals surface area contributed by atoms with Crippen molar-refractivity contribution in [1.82, 2.24) is 4.90 Å². The van der Waals surface area contributed by atoms with Crippen molar-refractivity contribution >= 4 is 6.41 Å². The fourth-order valence-corrected chi connectivity index (χ4v) is 0.987. The Bertz CT molecular complexity index is 104. The summed E-state index contributed by atoms with van der Waals surface area (Å²) in [7, 11) is 1.75. The first-order chi connectivity index (χ1) is 4.63. The minimum absolute atomic E-state index is 0.178. The summed E-state index contributed by atoms with van der Waals surface area (Å²) in [6.45, 7) is 4.64. The molecule has 1 amide bonds. The van der Waals surface area contributed by atoms with Crippen LogP contribution < -0.4 is 5.73 Å². The van der Waals surface area contributed by atoms with E-state index in [9.17, 15) is 4.79 Å². The summed E-state index contributed by atoms with van der Waals surface area (Å²) in [6, 6.07) is 0.178. The lowest BCUT2D eigenvalue weighted by atomic mass is 10.0. The van der Waals surface area contributed by atoms with Crippen LogP contribution in [0.4, 0.5) is 0 Å². The average molecular weight is 144 g/mol. The van der Waals surface area contributed by atoms with Crippen molar-refractivity contribution in [2.45, 2.75) is 19.9 Å². The zero-order valence-electron chi connectivity index (χ0n) is 6.87. The van der Waals surface area contributed by atoms with Crippen molar-refractivity contribution in [1.29, 1.82) is 0 Å². The van der Waals surface area contributed by atoms with Crippen molar-refractivity contribution in [2.24, 2.45) is 11.7 Å². The summed E-state index contributed by atoms with van der Waals surface area (Å²) in [6.07, 6.45) is 0.817. The van der Waals surface area contributed by atoms with Gasteiger partial charge in [0, 0.05) is 19.6 Å². The van der Waals surface area contributed by atoms with Gasteiger partial charge in [0.15, 0.2) is 0 Å². The Hall–Kier alpha value is -0.570. The van der Waals surface area contributed by atoms with Crippen molar-refractivity contribution in [3.8, 4) is 0 Å². The molecule has 0 heterocycles. The number of rotatable bonds is 4. The van der Waals surface area contributed by atoms with Gasteiger partial charge in [0.05, 0.1) is 0 Å². The molecule has 3 nitrogen and oxygen atoms in total. The molecule has 0 aliphatic carbocycles. The number of carbonyl (C=O) groups excluding carboxylic acids is 1. The van der Waals surface area contributed by atoms with Crippen LogP contribution in [0.3, 0.4) is 0 Å². The predicted octanol–water partition coefficient (Wildman–Crippen LogP) is 0.0579. The van der Waals surface area contributed by atoms with Gasteiger partial charge < -0.3 is 10.6 Å². The smallest absolute Gasteiger partial charge is 0.209 e. The zero-order chi connectivity index (χ0) is 8.15. The summed E-state index contributed by atoms with van der Waals surface area (Å²) in [5.74, 6) is 0.431. The molecule has 0 radical (unpaired) electrons. The third-order valence-corrected chi connectivity index (χ3v) is 1.70. The maximum Gasteiger partial charge on any atom is 0.209 e. The Labute approximate surface area is 62.2 Å². The van der Waals surface area contributed by atoms with Gasteiger partial charge in [-0.15, -0.1) is 0 Å². The molecule has 0 aromatic heterocycles. The molecular formula is C7H16N2O. The number of nitrogens with two attached hydrogens (primary N) is 1. The molecule has 10 heavy (non-hydrogen) atoms. The van der Waals surface area contributed by atoms with Gasteiger partial charge in [0.1, 0.15) is 0 Å². The van der Waals surface area contributed by atoms with Gasteiger partial charge in [0.2, 0.25) is 6.41 Å². The van der Waals surface area contributed by atoms with Crippen LogP contribution in [0.5, 0.6) is 0 Å². The average Bonchev–Trinajstić information content (AvgIpc) is 1.88. The first-order valence-electron chi connectivity index (χ1n) is 3.50. The summed E-state index contributed by atoms with van der Waals surface area (Å²) >= 11 is 0. The molecule has 0 aliphatic heterocycles. The number of nitrogens with zero attached hydrogens (tertiary/aromatic N) is 1. The van der Waals surface area contributed by atoms with Crippen LogP contribution in [0.2, 0.25) is 0 Å². The van der Waals surface area contributed by atoms with Crippen molar-refractivity contribution in [3.05, 3.63) is 0 Å². The van der Waals surface area contributed by atoms with E-state index in [1.54, 1.807) is 11.9 Å². The Balaban J connectivity index is 3.92. The van der Waals surface area contributed by atoms with Gasteiger partial charge in [-0.2, -0.15) is 0 Å². The van der Waals surface area contributed by atoms with Crippen LogP contribution >= 0.6 is 0 Å². The number of hydrogen-bond acceptors (Lipinski definition) is 2. The molecule has 2 N–H and O–H groups in total. The topological polar surface area (TPSA) is 46.3 Å². The van der Waals surface area contributed by atoms with E-state index in [-0.39, 0.29) is 6.04 Å². The van der Waals surface area contributed by atoms with Gasteiger partial charge in [-0.05, 0) is 5.92 Å². The van der Waals surface area contributed by atoms with Crippen LogP contribution in [-0.2, 0) is 4.79 Å². The number of hydrogen-bond donors (Lipinski definition) is 1. The Morgan fingerprint density at radius 1 is 1.60 bits per heavy atom. The van der Waals surface area contributed by atoms with Crippen molar-refractivity contribution < 1.29 is 4.79 Å². The lowest BCUT2D eigenvalue weighted by Crippen LogP contribution is -2.40. The van der Waals surface area contributed by atoms with Gasteiger partial charge in [-0.25, -0.2) is 0 Å². The van der Waals surface area contributed by atoms with Gasteiger partial charge in [-0.1, -0.05) is 13.8 Å². The second-order valence-corrected chi connectivity index (χ2v) is 2.82. The Morgan fingerprint density at radius 2 is 2.10 bits per heavy atom. The molecule has 0 unspecified atom stereocenters. The molecule has 0 aromatic carbocycles. The molecule has 0 aromatic rings. The van der Waals surface area contributed by atoms with E-state index < -0.39 is 0 Å². The standard InChI is InChI=1S/C7H16N2O/c1-6(2)7(4-8)9(3)5-10/h5-7H,4,8H2,1-3H3/t7-/m1/s1. The highest BCUT2D eigenvalue weighted by molar-refractivity contribution is 5.47. The maximum absolute atomic E-state index is 10.3. The lowest BCUT2D eigenvalue weighted by Gasteiger charge is -2.26. The molecular weight excluding hydrogens is 128 g/mol. The largest absolute Gasteiger partial charge is 0.344 e. The SMILES string of the molecule is CC(C)[C@@H](CN)N(C)C=O. The highest BCUT2D eigenvalue weighted by atomic mass is 16.1. The van der Waals surface area contributed by atoms with E-state index in [1.165, 1.54) is 0 Å². The summed E-state index contributed by atoms with van der Waals surface area (Å²) in [4.78, 5) is 11.9. The molecule has 0 fully saturated rings. The maximum atomic E-state index is 10.3. The number of likely N-dealkylation sites (N-methyl/N-ethyl adjacent to an activating group) is 1. The van der Waals surface area contributed by atoms with Crippen molar-refractivity contribution in [2.75, 3.05) is 13.6 Å². The van der Waals surface area contributed by atoms with E-state index in [2.05, 4.69) is 13.8 Å². The molecule has 0 saturated heterocycles. The molecule has 0 rings (SSSR count). The monoisotopic (exact) mass is 144 g/mol. The van der Waals surface area contributed by atoms with Crippen LogP contribution in [0.15, 0.2) is 0 Å². The molecule has 0 saturated carbocycles. The third kappa shape index (κ3) is 2.35. The minimum Gasteiger partial charge on any atom is -0.344 e. The van der Waals surface area contributed by atoms with Crippen molar-refractivity contribution in [3.63, 3.8) is 0 Å². The third-order valence-electron chi connectivity index (χ3n) is 1.70.